The lowest BCUT2D eigenvalue weighted by Crippen LogP contribution is -2.31. The van der Waals surface area contributed by atoms with Gasteiger partial charge in [-0.1, -0.05) is 6.07 Å². The van der Waals surface area contributed by atoms with Gasteiger partial charge >= 0.3 is 0 Å². The summed E-state index contributed by atoms with van der Waals surface area (Å²) in [6.07, 6.45) is 1.43. The number of aromatic amines is 1. The first-order valence-electron chi connectivity index (χ1n) is 5.78. The van der Waals surface area contributed by atoms with Crippen LogP contribution in [0.1, 0.15) is 28.8 Å². The van der Waals surface area contributed by atoms with Crippen LogP contribution in [0.2, 0.25) is 0 Å². The first-order chi connectivity index (χ1) is 8.70. The molecule has 2 rings (SSSR count). The number of aryl methyl sites for hydroxylation is 1. The summed E-state index contributed by atoms with van der Waals surface area (Å²) in [5.74, 6) is -0.144. The monoisotopic (exact) mass is 245 g/mol. The molecule has 6 nitrogen and oxygen atoms in total. The van der Waals surface area contributed by atoms with E-state index in [1.807, 2.05) is 32.0 Å². The van der Waals surface area contributed by atoms with Crippen LogP contribution in [-0.2, 0) is 6.54 Å². The second kappa shape index (κ2) is 5.39. The van der Waals surface area contributed by atoms with Crippen LogP contribution >= 0.6 is 0 Å². The number of hydrogen-bond donors (Lipinski definition) is 1. The number of nitrogens with zero attached hydrogens (tertiary/aromatic N) is 4. The van der Waals surface area contributed by atoms with Crippen LogP contribution in [0.5, 0.6) is 0 Å². The van der Waals surface area contributed by atoms with Crippen LogP contribution in [0.3, 0.4) is 0 Å². The molecule has 94 valence electrons. The molecule has 2 heterocycles. The van der Waals surface area contributed by atoms with Gasteiger partial charge in [-0.05, 0) is 26.0 Å². The third-order valence-electron chi connectivity index (χ3n) is 2.60. The van der Waals surface area contributed by atoms with E-state index in [1.165, 1.54) is 6.20 Å². The number of H-pyrrole nitrogens is 1. The van der Waals surface area contributed by atoms with E-state index >= 15 is 0 Å². The molecule has 0 radical (unpaired) electrons. The van der Waals surface area contributed by atoms with Crippen molar-refractivity contribution in [1.82, 2.24) is 25.3 Å². The zero-order valence-corrected chi connectivity index (χ0v) is 10.4. The van der Waals surface area contributed by atoms with Crippen molar-refractivity contribution in [3.63, 3.8) is 0 Å². The first kappa shape index (κ1) is 12.2. The van der Waals surface area contributed by atoms with Crippen LogP contribution in [0.4, 0.5) is 0 Å². The highest BCUT2D eigenvalue weighted by molar-refractivity contribution is 5.91. The van der Waals surface area contributed by atoms with E-state index in [0.29, 0.717) is 18.8 Å². The minimum atomic E-state index is -0.144. The Labute approximate surface area is 105 Å². The highest BCUT2D eigenvalue weighted by atomic mass is 16.2. The summed E-state index contributed by atoms with van der Waals surface area (Å²) in [5.41, 5.74) is 2.13. The maximum atomic E-state index is 12.1. The van der Waals surface area contributed by atoms with Gasteiger partial charge in [0.1, 0.15) is 0 Å². The topological polar surface area (TPSA) is 74.8 Å². The zero-order chi connectivity index (χ0) is 13.0. The molecular formula is C12H15N5O. The minimum absolute atomic E-state index is 0.144. The molecule has 0 saturated carbocycles. The lowest BCUT2D eigenvalue weighted by atomic mass is 10.3. The summed E-state index contributed by atoms with van der Waals surface area (Å²) in [7, 11) is 0. The Morgan fingerprint density at radius 1 is 1.44 bits per heavy atom. The molecule has 0 bridgehead atoms. The van der Waals surface area contributed by atoms with Crippen molar-refractivity contribution in [3.8, 4) is 0 Å². The lowest BCUT2D eigenvalue weighted by molar-refractivity contribution is 0.0744. The molecule has 0 saturated heterocycles. The summed E-state index contributed by atoms with van der Waals surface area (Å²) in [4.78, 5) is 18.2. The molecule has 1 amide bonds. The van der Waals surface area contributed by atoms with Gasteiger partial charge in [0, 0.05) is 12.2 Å². The van der Waals surface area contributed by atoms with Gasteiger partial charge in [-0.3, -0.25) is 9.78 Å². The third-order valence-corrected chi connectivity index (χ3v) is 2.60. The van der Waals surface area contributed by atoms with Crippen molar-refractivity contribution in [2.45, 2.75) is 20.4 Å². The minimum Gasteiger partial charge on any atom is -0.332 e. The first-order valence-corrected chi connectivity index (χ1v) is 5.78. The van der Waals surface area contributed by atoms with Gasteiger partial charge in [-0.25, -0.2) is 0 Å². The van der Waals surface area contributed by atoms with E-state index in [9.17, 15) is 4.79 Å². The third kappa shape index (κ3) is 2.71. The number of aromatic nitrogens is 4. The van der Waals surface area contributed by atoms with Crippen LogP contribution in [-0.4, -0.2) is 37.7 Å². The maximum Gasteiger partial charge on any atom is 0.276 e. The van der Waals surface area contributed by atoms with Gasteiger partial charge < -0.3 is 4.90 Å². The Hall–Kier alpha value is -2.24. The fraction of sp³-hybridized carbons (Fsp3) is 0.333. The van der Waals surface area contributed by atoms with Gasteiger partial charge in [0.15, 0.2) is 5.69 Å². The molecule has 1 N–H and O–H groups in total. The number of amides is 1. The van der Waals surface area contributed by atoms with Crippen molar-refractivity contribution in [1.29, 1.82) is 0 Å². The highest BCUT2D eigenvalue weighted by Gasteiger charge is 2.17. The molecule has 6 heteroatoms. The predicted octanol–water partition coefficient (Wildman–Crippen LogP) is 1.17. The summed E-state index contributed by atoms with van der Waals surface area (Å²) < 4.78 is 0. The lowest BCUT2D eigenvalue weighted by Gasteiger charge is -2.19. The van der Waals surface area contributed by atoms with E-state index in [1.54, 1.807) is 4.90 Å². The van der Waals surface area contributed by atoms with E-state index in [-0.39, 0.29) is 5.91 Å². The van der Waals surface area contributed by atoms with Crippen LogP contribution < -0.4 is 0 Å². The van der Waals surface area contributed by atoms with E-state index < -0.39 is 0 Å². The molecule has 2 aromatic heterocycles. The van der Waals surface area contributed by atoms with Gasteiger partial charge in [0.25, 0.3) is 5.91 Å². The molecule has 0 atom stereocenters. The zero-order valence-electron chi connectivity index (χ0n) is 10.4. The molecule has 0 aromatic carbocycles. The fourth-order valence-corrected chi connectivity index (χ4v) is 1.68. The Bertz CT molecular complexity index is 523. The van der Waals surface area contributed by atoms with Crippen molar-refractivity contribution >= 4 is 5.91 Å². The number of carbonyl (C=O) groups excluding carboxylic acids is 1. The highest BCUT2D eigenvalue weighted by Crippen LogP contribution is 2.06. The van der Waals surface area contributed by atoms with Crippen molar-refractivity contribution in [3.05, 3.63) is 41.5 Å². The average molecular weight is 245 g/mol. The number of rotatable bonds is 4. The van der Waals surface area contributed by atoms with Crippen molar-refractivity contribution in [2.75, 3.05) is 6.54 Å². The number of hydrogen-bond acceptors (Lipinski definition) is 4. The van der Waals surface area contributed by atoms with Gasteiger partial charge in [-0.2, -0.15) is 15.4 Å². The summed E-state index contributed by atoms with van der Waals surface area (Å²) >= 11 is 0. The van der Waals surface area contributed by atoms with E-state index in [0.717, 1.165) is 11.4 Å². The number of pyridine rings is 1. The van der Waals surface area contributed by atoms with Gasteiger partial charge in [-0.15, -0.1) is 0 Å². The van der Waals surface area contributed by atoms with Crippen molar-refractivity contribution in [2.24, 2.45) is 0 Å². The molecule has 18 heavy (non-hydrogen) atoms. The van der Waals surface area contributed by atoms with Gasteiger partial charge in [0.05, 0.1) is 18.4 Å². The molecular weight excluding hydrogens is 230 g/mol. The van der Waals surface area contributed by atoms with Crippen molar-refractivity contribution < 1.29 is 4.79 Å². The molecule has 0 aliphatic heterocycles. The Morgan fingerprint density at radius 2 is 2.28 bits per heavy atom. The molecule has 0 unspecified atom stereocenters. The SMILES string of the molecule is CCN(Cc1cccc(C)n1)C(=O)c1cn[nH]n1. The molecule has 2 aromatic rings. The fourth-order valence-electron chi connectivity index (χ4n) is 1.68. The number of nitrogens with one attached hydrogen (secondary N) is 1. The van der Waals surface area contributed by atoms with Crippen LogP contribution in [0.15, 0.2) is 24.4 Å². The van der Waals surface area contributed by atoms with E-state index in [4.69, 9.17) is 0 Å². The maximum absolute atomic E-state index is 12.1. The Balaban J connectivity index is 2.12. The van der Waals surface area contributed by atoms with Gasteiger partial charge in [0.2, 0.25) is 0 Å². The smallest absolute Gasteiger partial charge is 0.276 e. The molecule has 0 aliphatic carbocycles. The van der Waals surface area contributed by atoms with Crippen LogP contribution in [0.25, 0.3) is 0 Å². The predicted molar refractivity (Wildman–Crippen MR) is 65.8 cm³/mol. The Morgan fingerprint density at radius 3 is 2.89 bits per heavy atom. The largest absolute Gasteiger partial charge is 0.332 e. The van der Waals surface area contributed by atoms with E-state index in [2.05, 4.69) is 20.4 Å². The normalized spacial score (nSPS) is 10.3. The standard InChI is InChI=1S/C12H15N5O/c1-3-17(12(18)11-7-13-16-15-11)8-10-6-4-5-9(2)14-10/h4-7H,3,8H2,1-2H3,(H,13,15,16). The summed E-state index contributed by atoms with van der Waals surface area (Å²) in [6.45, 7) is 4.93. The quantitative estimate of drug-likeness (QED) is 0.877. The second-order valence-corrected chi connectivity index (χ2v) is 3.94. The molecule has 0 fully saturated rings. The summed E-state index contributed by atoms with van der Waals surface area (Å²) in [6, 6.07) is 5.77. The Kier molecular flexibility index (Phi) is 3.66. The number of carbonyl (C=O) groups is 1. The average Bonchev–Trinajstić information content (AvgIpc) is 2.89. The second-order valence-electron chi connectivity index (χ2n) is 3.94. The van der Waals surface area contributed by atoms with Crippen LogP contribution in [0, 0.1) is 6.92 Å². The summed E-state index contributed by atoms with van der Waals surface area (Å²) in [5, 5.41) is 9.88. The molecule has 0 spiro atoms. The molecule has 0 aliphatic rings.